The summed E-state index contributed by atoms with van der Waals surface area (Å²) >= 11 is 3.48. The van der Waals surface area contributed by atoms with Gasteiger partial charge in [0.1, 0.15) is 18.2 Å². The van der Waals surface area contributed by atoms with E-state index in [1.54, 1.807) is 12.1 Å². The van der Waals surface area contributed by atoms with Crippen LogP contribution >= 0.6 is 15.9 Å². The molecule has 0 aliphatic heterocycles. The van der Waals surface area contributed by atoms with Crippen molar-refractivity contribution >= 4 is 15.9 Å². The topological polar surface area (TPSA) is 35.2 Å². The molecule has 0 aliphatic carbocycles. The van der Waals surface area contributed by atoms with Crippen LogP contribution in [0.3, 0.4) is 0 Å². The minimum atomic E-state index is -0.239. The van der Waals surface area contributed by atoms with Gasteiger partial charge in [0.25, 0.3) is 0 Å². The zero-order valence-electron chi connectivity index (χ0n) is 11.3. The first-order chi connectivity index (χ1) is 9.60. The van der Waals surface area contributed by atoms with Gasteiger partial charge in [-0.3, -0.25) is 0 Å². The predicted octanol–water partition coefficient (Wildman–Crippen LogP) is 3.98. The average Bonchev–Trinajstić information content (AvgIpc) is 2.40. The van der Waals surface area contributed by atoms with E-state index >= 15 is 0 Å². The summed E-state index contributed by atoms with van der Waals surface area (Å²) in [7, 11) is 0. The van der Waals surface area contributed by atoms with Gasteiger partial charge in [-0.25, -0.2) is 4.39 Å². The van der Waals surface area contributed by atoms with Crippen LogP contribution in [0.4, 0.5) is 4.39 Å². The summed E-state index contributed by atoms with van der Waals surface area (Å²) in [4.78, 5) is 0. The van der Waals surface area contributed by atoms with Crippen LogP contribution in [0.1, 0.15) is 16.7 Å². The summed E-state index contributed by atoms with van der Waals surface area (Å²) in [5.74, 6) is 0.625. The Bertz CT molecular complexity index is 584. The maximum Gasteiger partial charge on any atom is 0.126 e. The van der Waals surface area contributed by atoms with Crippen molar-refractivity contribution in [3.8, 4) is 5.75 Å². The molecule has 0 saturated heterocycles. The Morgan fingerprint density at radius 2 is 1.90 bits per heavy atom. The fourth-order valence-electron chi connectivity index (χ4n) is 2.08. The molecular formula is C16H17BrFNO. The second-order valence-electron chi connectivity index (χ2n) is 4.66. The Balaban J connectivity index is 2.17. The van der Waals surface area contributed by atoms with Crippen LogP contribution in [0.25, 0.3) is 0 Å². The number of aryl methyl sites for hydroxylation is 1. The van der Waals surface area contributed by atoms with Gasteiger partial charge < -0.3 is 10.5 Å². The Morgan fingerprint density at radius 1 is 1.20 bits per heavy atom. The van der Waals surface area contributed by atoms with E-state index in [-0.39, 0.29) is 5.82 Å². The molecule has 4 heteroatoms. The maximum atomic E-state index is 12.9. The van der Waals surface area contributed by atoms with Crippen molar-refractivity contribution < 1.29 is 9.13 Å². The van der Waals surface area contributed by atoms with E-state index < -0.39 is 0 Å². The zero-order chi connectivity index (χ0) is 14.5. The van der Waals surface area contributed by atoms with E-state index in [0.29, 0.717) is 13.2 Å². The predicted molar refractivity (Wildman–Crippen MR) is 82.4 cm³/mol. The minimum absolute atomic E-state index is 0.239. The number of benzene rings is 2. The smallest absolute Gasteiger partial charge is 0.126 e. The molecule has 2 rings (SSSR count). The summed E-state index contributed by atoms with van der Waals surface area (Å²) < 4.78 is 19.8. The fourth-order valence-corrected chi connectivity index (χ4v) is 2.70. The van der Waals surface area contributed by atoms with Crippen LogP contribution in [0.5, 0.6) is 5.75 Å². The third-order valence-corrected chi connectivity index (χ3v) is 3.48. The van der Waals surface area contributed by atoms with E-state index in [1.165, 1.54) is 12.1 Å². The van der Waals surface area contributed by atoms with Gasteiger partial charge in [0.05, 0.1) is 0 Å². The van der Waals surface area contributed by atoms with Gasteiger partial charge in [-0.15, -0.1) is 0 Å². The van der Waals surface area contributed by atoms with Crippen LogP contribution in [-0.4, -0.2) is 6.54 Å². The standard InChI is InChI=1S/C16H17BrFNO/c1-11-8-14(17)9-13(6-7-19)16(11)20-10-12-2-4-15(18)5-3-12/h2-5,8-9H,6-7,10,19H2,1H3. The van der Waals surface area contributed by atoms with Gasteiger partial charge >= 0.3 is 0 Å². The van der Waals surface area contributed by atoms with Gasteiger partial charge in [0, 0.05) is 4.47 Å². The Kier molecular flexibility index (Phi) is 5.15. The zero-order valence-corrected chi connectivity index (χ0v) is 12.9. The molecular weight excluding hydrogens is 321 g/mol. The quantitative estimate of drug-likeness (QED) is 0.895. The van der Waals surface area contributed by atoms with Crippen molar-refractivity contribution in [2.75, 3.05) is 6.54 Å². The van der Waals surface area contributed by atoms with Crippen molar-refractivity contribution in [2.45, 2.75) is 20.0 Å². The molecule has 2 aromatic rings. The van der Waals surface area contributed by atoms with Crippen LogP contribution in [0.2, 0.25) is 0 Å². The highest BCUT2D eigenvalue weighted by Gasteiger charge is 2.09. The van der Waals surface area contributed by atoms with E-state index in [4.69, 9.17) is 10.5 Å². The van der Waals surface area contributed by atoms with Crippen molar-refractivity contribution in [2.24, 2.45) is 5.73 Å². The lowest BCUT2D eigenvalue weighted by molar-refractivity contribution is 0.300. The largest absolute Gasteiger partial charge is 0.488 e. The molecule has 0 atom stereocenters. The van der Waals surface area contributed by atoms with E-state index in [1.807, 2.05) is 19.1 Å². The molecule has 0 spiro atoms. The number of hydrogen-bond donors (Lipinski definition) is 1. The summed E-state index contributed by atoms with van der Waals surface area (Å²) in [6.45, 7) is 2.99. The van der Waals surface area contributed by atoms with Crippen molar-refractivity contribution in [1.29, 1.82) is 0 Å². The molecule has 2 nitrogen and oxygen atoms in total. The lowest BCUT2D eigenvalue weighted by Crippen LogP contribution is -2.07. The number of hydrogen-bond acceptors (Lipinski definition) is 2. The molecule has 0 amide bonds. The number of ether oxygens (including phenoxy) is 1. The summed E-state index contributed by atoms with van der Waals surface area (Å²) in [6.07, 6.45) is 0.763. The monoisotopic (exact) mass is 337 g/mol. The molecule has 2 N–H and O–H groups in total. The number of halogens is 2. The van der Waals surface area contributed by atoms with Crippen LogP contribution in [0, 0.1) is 12.7 Å². The summed E-state index contributed by atoms with van der Waals surface area (Å²) in [5, 5.41) is 0. The van der Waals surface area contributed by atoms with Crippen molar-refractivity contribution in [1.82, 2.24) is 0 Å². The Hall–Kier alpha value is -1.39. The summed E-state index contributed by atoms with van der Waals surface area (Å²) in [6, 6.07) is 10.4. The molecule has 0 radical (unpaired) electrons. The Morgan fingerprint density at radius 3 is 2.55 bits per heavy atom. The molecule has 2 aromatic carbocycles. The fraction of sp³-hybridized carbons (Fsp3) is 0.250. The van der Waals surface area contributed by atoms with Crippen LogP contribution < -0.4 is 10.5 Å². The minimum Gasteiger partial charge on any atom is -0.488 e. The first-order valence-corrected chi connectivity index (χ1v) is 7.26. The van der Waals surface area contributed by atoms with Gasteiger partial charge in [-0.1, -0.05) is 28.1 Å². The third kappa shape index (κ3) is 3.81. The second-order valence-corrected chi connectivity index (χ2v) is 5.58. The first kappa shape index (κ1) is 15.0. The first-order valence-electron chi connectivity index (χ1n) is 6.46. The highest BCUT2D eigenvalue weighted by Crippen LogP contribution is 2.29. The van der Waals surface area contributed by atoms with Crippen LogP contribution in [-0.2, 0) is 13.0 Å². The molecule has 0 fully saturated rings. The van der Waals surface area contributed by atoms with E-state index in [9.17, 15) is 4.39 Å². The van der Waals surface area contributed by atoms with Gasteiger partial charge in [0.15, 0.2) is 0 Å². The lowest BCUT2D eigenvalue weighted by Gasteiger charge is -2.15. The summed E-state index contributed by atoms with van der Waals surface area (Å²) in [5.41, 5.74) is 8.72. The lowest BCUT2D eigenvalue weighted by atomic mass is 10.1. The highest BCUT2D eigenvalue weighted by molar-refractivity contribution is 9.10. The molecule has 0 unspecified atom stereocenters. The SMILES string of the molecule is Cc1cc(Br)cc(CCN)c1OCc1ccc(F)cc1. The molecule has 0 aromatic heterocycles. The molecule has 0 aliphatic rings. The van der Waals surface area contributed by atoms with Gasteiger partial charge in [0.2, 0.25) is 0 Å². The maximum absolute atomic E-state index is 12.9. The number of rotatable bonds is 5. The van der Waals surface area contributed by atoms with E-state index in [0.717, 1.165) is 33.3 Å². The molecule has 0 heterocycles. The number of nitrogens with two attached hydrogens (primary N) is 1. The average molecular weight is 338 g/mol. The molecule has 106 valence electrons. The van der Waals surface area contributed by atoms with E-state index in [2.05, 4.69) is 15.9 Å². The normalized spacial score (nSPS) is 10.6. The van der Waals surface area contributed by atoms with Crippen LogP contribution in [0.15, 0.2) is 40.9 Å². The van der Waals surface area contributed by atoms with Gasteiger partial charge in [-0.2, -0.15) is 0 Å². The van der Waals surface area contributed by atoms with Crippen molar-refractivity contribution in [3.63, 3.8) is 0 Å². The molecule has 20 heavy (non-hydrogen) atoms. The Labute approximate surface area is 126 Å². The second kappa shape index (κ2) is 6.86. The van der Waals surface area contributed by atoms with Crippen molar-refractivity contribution in [3.05, 3.63) is 63.4 Å². The third-order valence-electron chi connectivity index (χ3n) is 3.03. The van der Waals surface area contributed by atoms with Gasteiger partial charge in [-0.05, 0) is 60.8 Å². The molecule has 0 saturated carbocycles. The molecule has 0 bridgehead atoms. The highest BCUT2D eigenvalue weighted by atomic mass is 79.9.